The Morgan fingerprint density at radius 3 is 2.48 bits per heavy atom. The van der Waals surface area contributed by atoms with Crippen LogP contribution in [0.2, 0.25) is 0 Å². The maximum atomic E-state index is 13.2. The van der Waals surface area contributed by atoms with Crippen LogP contribution in [0.3, 0.4) is 0 Å². The van der Waals surface area contributed by atoms with Crippen molar-refractivity contribution in [3.8, 4) is 10.4 Å². The maximum Gasteiger partial charge on any atom is 0.254 e. The second-order valence-electron chi connectivity index (χ2n) is 8.26. The molecule has 0 radical (unpaired) electrons. The summed E-state index contributed by atoms with van der Waals surface area (Å²) in [5.74, 6) is 0.821. The number of thiophene rings is 1. The van der Waals surface area contributed by atoms with Crippen molar-refractivity contribution in [2.75, 3.05) is 20.6 Å². The molecule has 1 amide bonds. The molecule has 1 saturated carbocycles. The van der Waals surface area contributed by atoms with Crippen molar-refractivity contribution in [1.29, 1.82) is 0 Å². The molecular weight excluding hydrogens is 404 g/mol. The molecule has 1 aliphatic carbocycles. The lowest BCUT2D eigenvalue weighted by molar-refractivity contribution is 0.0391. The number of hydrogen-bond acceptors (Lipinski definition) is 4. The van der Waals surface area contributed by atoms with Gasteiger partial charge in [-0.05, 0) is 55.4 Å². The minimum atomic E-state index is -3.43. The minimum Gasteiger partial charge on any atom is -0.335 e. The van der Waals surface area contributed by atoms with E-state index in [4.69, 9.17) is 0 Å². The van der Waals surface area contributed by atoms with Crippen LogP contribution in [-0.4, -0.2) is 50.2 Å². The van der Waals surface area contributed by atoms with E-state index in [1.54, 1.807) is 12.1 Å². The zero-order chi connectivity index (χ0) is 20.6. The van der Waals surface area contributed by atoms with Crippen molar-refractivity contribution in [2.24, 2.45) is 5.92 Å². The van der Waals surface area contributed by atoms with E-state index in [-0.39, 0.29) is 10.8 Å². The molecule has 2 unspecified atom stereocenters. The van der Waals surface area contributed by atoms with Crippen molar-refractivity contribution >= 4 is 27.3 Å². The van der Waals surface area contributed by atoms with Gasteiger partial charge in [-0.2, -0.15) is 0 Å². The number of benzene rings is 1. The number of rotatable bonds is 4. The third kappa shape index (κ3) is 4.00. The van der Waals surface area contributed by atoms with Crippen LogP contribution in [-0.2, 0) is 10.0 Å². The lowest BCUT2D eigenvalue weighted by atomic mass is 9.78. The first-order chi connectivity index (χ1) is 13.9. The van der Waals surface area contributed by atoms with Gasteiger partial charge in [0.1, 0.15) is 0 Å². The van der Waals surface area contributed by atoms with Crippen LogP contribution in [0.1, 0.15) is 48.9 Å². The van der Waals surface area contributed by atoms with Crippen molar-refractivity contribution in [3.63, 3.8) is 0 Å². The Hall–Kier alpha value is -1.70. The highest BCUT2D eigenvalue weighted by atomic mass is 32.2. The van der Waals surface area contributed by atoms with E-state index < -0.39 is 10.0 Å². The molecule has 0 bridgehead atoms. The molecule has 1 aliphatic heterocycles. The summed E-state index contributed by atoms with van der Waals surface area (Å²) in [5.41, 5.74) is 1.68. The van der Waals surface area contributed by atoms with Crippen molar-refractivity contribution in [2.45, 2.75) is 49.5 Å². The number of fused-ring (bicyclic) bond motifs is 1. The quantitative estimate of drug-likeness (QED) is 0.717. The molecule has 156 valence electrons. The number of hydrogen-bond donors (Lipinski definition) is 0. The second-order valence-corrected chi connectivity index (χ2v) is 11.3. The maximum absolute atomic E-state index is 13.2. The van der Waals surface area contributed by atoms with Gasteiger partial charge in [0.2, 0.25) is 10.0 Å². The van der Waals surface area contributed by atoms with Gasteiger partial charge in [0.05, 0.1) is 10.5 Å². The summed E-state index contributed by atoms with van der Waals surface area (Å²) in [6.45, 7) is 0.863. The van der Waals surface area contributed by atoms with E-state index in [1.165, 1.54) is 55.4 Å². The zero-order valence-corrected chi connectivity index (χ0v) is 18.6. The molecule has 1 aromatic heterocycles. The predicted molar refractivity (Wildman–Crippen MR) is 117 cm³/mol. The van der Waals surface area contributed by atoms with E-state index in [9.17, 15) is 13.2 Å². The van der Waals surface area contributed by atoms with Gasteiger partial charge in [0, 0.05) is 36.9 Å². The Bertz CT molecular complexity index is 978. The van der Waals surface area contributed by atoms with E-state index in [1.807, 2.05) is 23.6 Å². The van der Waals surface area contributed by atoms with Gasteiger partial charge in [-0.1, -0.05) is 25.0 Å². The Morgan fingerprint density at radius 1 is 1.07 bits per heavy atom. The van der Waals surface area contributed by atoms with Crippen molar-refractivity contribution in [3.05, 3.63) is 41.3 Å². The van der Waals surface area contributed by atoms with Gasteiger partial charge >= 0.3 is 0 Å². The van der Waals surface area contributed by atoms with E-state index in [0.717, 1.165) is 35.4 Å². The number of amides is 1. The Labute approximate surface area is 177 Å². The normalized spacial score (nSPS) is 22.5. The standard InChI is InChI=1S/C22H28N2O3S2/c1-23(2)29(26,27)19-11-9-17(10-12-19)21-14-18(15-28-21)22(25)24-13-5-7-16-6-3-4-8-20(16)24/h9-12,14-16,20H,3-8,13H2,1-2H3. The molecule has 29 heavy (non-hydrogen) atoms. The monoisotopic (exact) mass is 432 g/mol. The minimum absolute atomic E-state index is 0.149. The average Bonchev–Trinajstić information content (AvgIpc) is 3.23. The fraction of sp³-hybridized carbons (Fsp3) is 0.500. The highest BCUT2D eigenvalue weighted by Gasteiger charge is 2.36. The topological polar surface area (TPSA) is 57.7 Å². The number of carbonyl (C=O) groups excluding carboxylic acids is 1. The molecular formula is C22H28N2O3S2. The van der Waals surface area contributed by atoms with E-state index in [0.29, 0.717) is 12.0 Å². The summed E-state index contributed by atoms with van der Waals surface area (Å²) in [4.78, 5) is 16.6. The molecule has 7 heteroatoms. The highest BCUT2D eigenvalue weighted by Crippen LogP contribution is 2.37. The summed E-state index contributed by atoms with van der Waals surface area (Å²) < 4.78 is 25.7. The average molecular weight is 433 g/mol. The number of nitrogens with zero attached hydrogens (tertiary/aromatic N) is 2. The van der Waals surface area contributed by atoms with Crippen LogP contribution in [0, 0.1) is 5.92 Å². The summed E-state index contributed by atoms with van der Waals surface area (Å²) >= 11 is 1.54. The lowest BCUT2D eigenvalue weighted by Crippen LogP contribution is -2.49. The van der Waals surface area contributed by atoms with Crippen LogP contribution in [0.4, 0.5) is 0 Å². The second kappa shape index (κ2) is 8.20. The number of likely N-dealkylation sites (tertiary alicyclic amines) is 1. The fourth-order valence-corrected chi connectivity index (χ4v) is 6.44. The molecule has 0 N–H and O–H groups in total. The Kier molecular flexibility index (Phi) is 5.82. The van der Waals surface area contributed by atoms with Crippen LogP contribution >= 0.6 is 11.3 Å². The van der Waals surface area contributed by atoms with Gasteiger partial charge in [0.15, 0.2) is 0 Å². The molecule has 5 nitrogen and oxygen atoms in total. The van der Waals surface area contributed by atoms with Gasteiger partial charge in [-0.3, -0.25) is 4.79 Å². The summed E-state index contributed by atoms with van der Waals surface area (Å²) in [6.07, 6.45) is 7.27. The first-order valence-electron chi connectivity index (χ1n) is 10.3. The predicted octanol–water partition coefficient (Wildman–Crippen LogP) is 4.46. The van der Waals surface area contributed by atoms with Crippen LogP contribution in [0.5, 0.6) is 0 Å². The van der Waals surface area contributed by atoms with Crippen LogP contribution in [0.15, 0.2) is 40.6 Å². The fourth-order valence-electron chi connectivity index (χ4n) is 4.64. The molecule has 2 fully saturated rings. The van der Waals surface area contributed by atoms with Crippen LogP contribution < -0.4 is 0 Å². The summed E-state index contributed by atoms with van der Waals surface area (Å²) in [7, 11) is -0.383. The highest BCUT2D eigenvalue weighted by molar-refractivity contribution is 7.89. The summed E-state index contributed by atoms with van der Waals surface area (Å²) in [5, 5.41) is 1.94. The Balaban J connectivity index is 1.53. The van der Waals surface area contributed by atoms with Crippen molar-refractivity contribution < 1.29 is 13.2 Å². The molecule has 4 rings (SSSR count). The first-order valence-corrected chi connectivity index (χ1v) is 12.6. The van der Waals surface area contributed by atoms with E-state index >= 15 is 0 Å². The largest absolute Gasteiger partial charge is 0.335 e. The zero-order valence-electron chi connectivity index (χ0n) is 17.0. The molecule has 2 atom stereocenters. The van der Waals surface area contributed by atoms with Crippen molar-refractivity contribution in [1.82, 2.24) is 9.21 Å². The Morgan fingerprint density at radius 2 is 1.76 bits per heavy atom. The SMILES string of the molecule is CN(C)S(=O)(=O)c1ccc(-c2cc(C(=O)N3CCCC4CCCCC43)cs2)cc1. The third-order valence-corrected chi connectivity index (χ3v) is 9.08. The molecule has 0 spiro atoms. The third-order valence-electron chi connectivity index (χ3n) is 6.27. The lowest BCUT2D eigenvalue weighted by Gasteiger charge is -2.44. The summed E-state index contributed by atoms with van der Waals surface area (Å²) in [6, 6.07) is 9.24. The van der Waals surface area contributed by atoms with E-state index in [2.05, 4.69) is 4.90 Å². The molecule has 2 heterocycles. The number of carbonyl (C=O) groups is 1. The number of piperidine rings is 1. The van der Waals surface area contributed by atoms with Gasteiger partial charge in [0.25, 0.3) is 5.91 Å². The molecule has 1 aromatic carbocycles. The van der Waals surface area contributed by atoms with Crippen LogP contribution in [0.25, 0.3) is 10.4 Å². The smallest absolute Gasteiger partial charge is 0.254 e. The molecule has 2 aliphatic rings. The molecule has 1 saturated heterocycles. The first kappa shape index (κ1) is 20.6. The van der Waals surface area contributed by atoms with Gasteiger partial charge < -0.3 is 4.90 Å². The number of sulfonamides is 1. The molecule has 2 aromatic rings. The van der Waals surface area contributed by atoms with Gasteiger partial charge in [-0.15, -0.1) is 11.3 Å². The van der Waals surface area contributed by atoms with Gasteiger partial charge in [-0.25, -0.2) is 12.7 Å².